The van der Waals surface area contributed by atoms with E-state index in [9.17, 15) is 4.79 Å². The molecule has 0 aromatic rings. The van der Waals surface area contributed by atoms with Crippen molar-refractivity contribution in [2.24, 2.45) is 0 Å². The Morgan fingerprint density at radius 3 is 2.83 bits per heavy atom. The summed E-state index contributed by atoms with van der Waals surface area (Å²) in [6.07, 6.45) is 3.26. The van der Waals surface area contributed by atoms with E-state index in [4.69, 9.17) is 4.74 Å². The van der Waals surface area contributed by atoms with Crippen LogP contribution in [0.25, 0.3) is 0 Å². The van der Waals surface area contributed by atoms with Crippen molar-refractivity contribution in [1.82, 2.24) is 0 Å². The molecular formula is C10H14O2. The molecule has 0 N–H and O–H groups in total. The van der Waals surface area contributed by atoms with Gasteiger partial charge in [0.15, 0.2) is 5.78 Å². The van der Waals surface area contributed by atoms with Crippen LogP contribution in [0, 0.1) is 0 Å². The maximum absolute atomic E-state index is 11.2. The third-order valence-electron chi connectivity index (χ3n) is 3.24. The lowest BCUT2D eigenvalue weighted by atomic mass is 9.78. The number of rotatable bonds is 1. The average Bonchev–Trinajstić information content (AvgIpc) is 2.56. The summed E-state index contributed by atoms with van der Waals surface area (Å²) in [5.74, 6) is 0.205. The largest absolute Gasteiger partial charge is 0.358 e. The van der Waals surface area contributed by atoms with Crippen LogP contribution in [-0.4, -0.2) is 17.0 Å². The fourth-order valence-corrected chi connectivity index (χ4v) is 2.50. The lowest BCUT2D eigenvalue weighted by Crippen LogP contribution is -2.30. The quantitative estimate of drug-likeness (QED) is 0.556. The summed E-state index contributed by atoms with van der Waals surface area (Å²) in [6, 6.07) is 0. The fourth-order valence-electron chi connectivity index (χ4n) is 2.50. The van der Waals surface area contributed by atoms with E-state index in [1.165, 1.54) is 0 Å². The highest BCUT2D eigenvalue weighted by Gasteiger charge is 2.68. The van der Waals surface area contributed by atoms with Gasteiger partial charge >= 0.3 is 0 Å². The molecule has 1 aliphatic carbocycles. The van der Waals surface area contributed by atoms with E-state index in [-0.39, 0.29) is 17.0 Å². The van der Waals surface area contributed by atoms with Crippen LogP contribution in [0.15, 0.2) is 11.6 Å². The second kappa shape index (κ2) is 1.99. The van der Waals surface area contributed by atoms with Gasteiger partial charge in [0.05, 0.1) is 0 Å². The average molecular weight is 166 g/mol. The van der Waals surface area contributed by atoms with Crippen molar-refractivity contribution in [3.63, 3.8) is 0 Å². The van der Waals surface area contributed by atoms with E-state index in [2.05, 4.69) is 6.92 Å². The Labute approximate surface area is 72.6 Å². The van der Waals surface area contributed by atoms with E-state index >= 15 is 0 Å². The smallest absolute Gasteiger partial charge is 0.158 e. The highest BCUT2D eigenvalue weighted by Crippen LogP contribution is 2.58. The van der Waals surface area contributed by atoms with Crippen molar-refractivity contribution in [3.8, 4) is 0 Å². The van der Waals surface area contributed by atoms with E-state index in [0.29, 0.717) is 6.42 Å². The summed E-state index contributed by atoms with van der Waals surface area (Å²) >= 11 is 0. The highest BCUT2D eigenvalue weighted by atomic mass is 16.6. The molecule has 1 heterocycles. The predicted molar refractivity (Wildman–Crippen MR) is 45.9 cm³/mol. The minimum absolute atomic E-state index is 0.0963. The number of hydrogen-bond donors (Lipinski definition) is 0. The number of fused-ring (bicyclic) bond motifs is 1. The maximum Gasteiger partial charge on any atom is 0.158 e. The summed E-state index contributed by atoms with van der Waals surface area (Å²) in [6.45, 7) is 6.13. The normalized spacial score (nSPS) is 45.2. The summed E-state index contributed by atoms with van der Waals surface area (Å²) in [4.78, 5) is 11.2. The molecule has 0 radical (unpaired) electrons. The molecule has 0 aromatic heterocycles. The first kappa shape index (κ1) is 7.99. The van der Waals surface area contributed by atoms with Crippen molar-refractivity contribution in [2.75, 3.05) is 0 Å². The van der Waals surface area contributed by atoms with Gasteiger partial charge < -0.3 is 4.74 Å². The number of allylic oxidation sites excluding steroid dienone is 1. The van der Waals surface area contributed by atoms with Gasteiger partial charge in [-0.25, -0.2) is 0 Å². The SMILES string of the molecule is CCC12OC1(C)CC(=O)C=C2C. The van der Waals surface area contributed by atoms with Crippen LogP contribution in [0.1, 0.15) is 33.6 Å². The highest BCUT2D eigenvalue weighted by molar-refractivity contribution is 5.94. The number of carbonyl (C=O) groups excluding carboxylic acids is 1. The molecule has 2 heteroatoms. The Kier molecular flexibility index (Phi) is 1.33. The van der Waals surface area contributed by atoms with E-state index in [1.54, 1.807) is 6.08 Å². The van der Waals surface area contributed by atoms with Crippen molar-refractivity contribution in [3.05, 3.63) is 11.6 Å². The van der Waals surface area contributed by atoms with E-state index in [1.807, 2.05) is 13.8 Å². The molecule has 1 saturated heterocycles. The molecule has 0 bridgehead atoms. The number of epoxide rings is 1. The zero-order valence-corrected chi connectivity index (χ0v) is 7.81. The molecule has 0 saturated carbocycles. The Morgan fingerprint density at radius 1 is 1.67 bits per heavy atom. The van der Waals surface area contributed by atoms with Crippen LogP contribution >= 0.6 is 0 Å². The first-order chi connectivity index (χ1) is 5.54. The van der Waals surface area contributed by atoms with Crippen molar-refractivity contribution in [1.29, 1.82) is 0 Å². The zero-order valence-electron chi connectivity index (χ0n) is 7.81. The molecule has 2 aliphatic rings. The van der Waals surface area contributed by atoms with Crippen LogP contribution < -0.4 is 0 Å². The molecule has 12 heavy (non-hydrogen) atoms. The van der Waals surface area contributed by atoms with Crippen LogP contribution in [0.2, 0.25) is 0 Å². The zero-order chi connectivity index (χ0) is 8.98. The lowest BCUT2D eigenvalue weighted by molar-refractivity contribution is -0.115. The second-order valence-electron chi connectivity index (χ2n) is 3.98. The molecule has 2 nitrogen and oxygen atoms in total. The Morgan fingerprint density at radius 2 is 2.33 bits per heavy atom. The number of ether oxygens (including phenoxy) is 1. The van der Waals surface area contributed by atoms with Gasteiger partial charge in [-0.05, 0) is 31.9 Å². The van der Waals surface area contributed by atoms with Gasteiger partial charge in [-0.2, -0.15) is 0 Å². The Bertz CT molecular complexity index is 280. The molecule has 0 aromatic carbocycles. The third kappa shape index (κ3) is 0.712. The molecule has 66 valence electrons. The maximum atomic E-state index is 11.2. The van der Waals surface area contributed by atoms with Gasteiger partial charge in [0.25, 0.3) is 0 Å². The molecule has 2 unspecified atom stereocenters. The fraction of sp³-hybridized carbons (Fsp3) is 0.700. The second-order valence-corrected chi connectivity index (χ2v) is 3.98. The Balaban J connectivity index is 2.40. The lowest BCUT2D eigenvalue weighted by Gasteiger charge is -2.19. The monoisotopic (exact) mass is 166 g/mol. The van der Waals surface area contributed by atoms with Crippen molar-refractivity contribution >= 4 is 5.78 Å². The number of ketones is 1. The first-order valence-electron chi connectivity index (χ1n) is 4.46. The van der Waals surface area contributed by atoms with Crippen LogP contribution in [0.4, 0.5) is 0 Å². The molecule has 0 spiro atoms. The predicted octanol–water partition coefficient (Wildman–Crippen LogP) is 1.84. The summed E-state index contributed by atoms with van der Waals surface area (Å²) in [5.41, 5.74) is 0.822. The van der Waals surface area contributed by atoms with Gasteiger partial charge in [-0.1, -0.05) is 6.92 Å². The van der Waals surface area contributed by atoms with Crippen LogP contribution in [0.5, 0.6) is 0 Å². The van der Waals surface area contributed by atoms with E-state index in [0.717, 1.165) is 12.0 Å². The molecule has 0 amide bonds. The molecule has 1 fully saturated rings. The number of hydrogen-bond acceptors (Lipinski definition) is 2. The van der Waals surface area contributed by atoms with Gasteiger partial charge in [-0.15, -0.1) is 0 Å². The summed E-state index contributed by atoms with van der Waals surface area (Å²) < 4.78 is 5.70. The third-order valence-corrected chi connectivity index (χ3v) is 3.24. The van der Waals surface area contributed by atoms with Crippen LogP contribution in [0.3, 0.4) is 0 Å². The standard InChI is InChI=1S/C10H14O2/c1-4-10-7(2)5-8(11)6-9(10,3)12-10/h5H,4,6H2,1-3H3. The van der Waals surface area contributed by atoms with Crippen LogP contribution in [-0.2, 0) is 9.53 Å². The number of carbonyl (C=O) groups is 1. The Hall–Kier alpha value is -0.630. The summed E-state index contributed by atoms with van der Waals surface area (Å²) in [7, 11) is 0. The molecule has 2 atom stereocenters. The topological polar surface area (TPSA) is 29.6 Å². The van der Waals surface area contributed by atoms with Gasteiger partial charge in [0.2, 0.25) is 0 Å². The molecule has 2 rings (SSSR count). The summed E-state index contributed by atoms with van der Waals surface area (Å²) in [5, 5.41) is 0. The van der Waals surface area contributed by atoms with Crippen molar-refractivity contribution in [2.45, 2.75) is 44.8 Å². The van der Waals surface area contributed by atoms with Gasteiger partial charge in [0, 0.05) is 6.42 Å². The van der Waals surface area contributed by atoms with E-state index < -0.39 is 0 Å². The first-order valence-corrected chi connectivity index (χ1v) is 4.46. The van der Waals surface area contributed by atoms with Gasteiger partial charge in [-0.3, -0.25) is 4.79 Å². The minimum Gasteiger partial charge on any atom is -0.358 e. The van der Waals surface area contributed by atoms with Crippen molar-refractivity contribution < 1.29 is 9.53 Å². The minimum atomic E-state index is -0.183. The molecular weight excluding hydrogens is 152 g/mol. The van der Waals surface area contributed by atoms with Gasteiger partial charge in [0.1, 0.15) is 11.2 Å². The molecule has 1 aliphatic heterocycles.